The average Bonchev–Trinajstić information content (AvgIpc) is 2.38. The first-order valence-electron chi connectivity index (χ1n) is 6.63. The van der Waals surface area contributed by atoms with Crippen LogP contribution in [0.1, 0.15) is 51.9 Å². The Morgan fingerprint density at radius 1 is 0.941 bits per heavy atom. The molecule has 0 radical (unpaired) electrons. The fourth-order valence-corrected chi connectivity index (χ4v) is 2.86. The molecular weight excluding hydrogens is 271 g/mol. The minimum absolute atomic E-state index is 0.351. The van der Waals surface area contributed by atoms with E-state index < -0.39 is 0 Å². The Bertz CT molecular complexity index is 332. The zero-order chi connectivity index (χ0) is 12.2. The quantitative estimate of drug-likeness (QED) is 0.408. The van der Waals surface area contributed by atoms with Crippen LogP contribution in [-0.4, -0.2) is 15.0 Å². The zero-order valence-corrected chi connectivity index (χ0v) is 12.5. The van der Waals surface area contributed by atoms with Gasteiger partial charge in [0.1, 0.15) is 0 Å². The van der Waals surface area contributed by atoms with Gasteiger partial charge in [0.15, 0.2) is 0 Å². The summed E-state index contributed by atoms with van der Waals surface area (Å²) in [4.78, 5) is 3.32. The predicted octanol–water partition coefficient (Wildman–Crippen LogP) is 3.73. The predicted molar refractivity (Wildman–Crippen MR) is 77.6 cm³/mol. The fourth-order valence-electron chi connectivity index (χ4n) is 1.63. The van der Waals surface area contributed by atoms with Gasteiger partial charge in [-0.25, -0.2) is 0 Å². The maximum absolute atomic E-state index is 3.32. The molecule has 0 bridgehead atoms. The molecule has 0 N–H and O–H groups in total. The Morgan fingerprint density at radius 3 is 2.41 bits per heavy atom. The van der Waals surface area contributed by atoms with Crippen LogP contribution in [0.15, 0.2) is 30.3 Å². The van der Waals surface area contributed by atoms with Crippen molar-refractivity contribution in [1.82, 2.24) is 0 Å². The van der Waals surface area contributed by atoms with E-state index in [-0.39, 0.29) is 0 Å². The summed E-state index contributed by atoms with van der Waals surface area (Å²) in [6.45, 7) is 2.26. The number of rotatable bonds is 7. The molecule has 0 atom stereocenters. The molecule has 1 aromatic carbocycles. The monoisotopic (exact) mass is 294 g/mol. The first-order chi connectivity index (χ1) is 8.43. The van der Waals surface area contributed by atoms with Gasteiger partial charge in [0, 0.05) is 0 Å². The topological polar surface area (TPSA) is 0 Å². The van der Waals surface area contributed by atoms with Crippen molar-refractivity contribution in [3.63, 3.8) is 0 Å². The van der Waals surface area contributed by atoms with Crippen LogP contribution in [0.3, 0.4) is 0 Å². The summed E-state index contributed by atoms with van der Waals surface area (Å²) in [5, 5.41) is 0. The molecule has 1 heteroatoms. The molecule has 0 spiro atoms. The van der Waals surface area contributed by atoms with Gasteiger partial charge in [-0.3, -0.25) is 0 Å². The normalized spacial score (nSPS) is 9.71. The number of benzene rings is 1. The van der Waals surface area contributed by atoms with Crippen molar-refractivity contribution in [1.29, 1.82) is 0 Å². The van der Waals surface area contributed by atoms with Gasteiger partial charge in [-0.15, -0.1) is 0 Å². The molecule has 0 aliphatic heterocycles. The van der Waals surface area contributed by atoms with Gasteiger partial charge >= 0.3 is 112 Å². The maximum atomic E-state index is 3.32. The van der Waals surface area contributed by atoms with E-state index in [4.69, 9.17) is 0 Å². The SMILES string of the molecule is CCCCCCCCC#C[Se]c1ccccc1. The molecule has 92 valence electrons. The van der Waals surface area contributed by atoms with Gasteiger partial charge in [-0.05, 0) is 0 Å². The Morgan fingerprint density at radius 2 is 1.65 bits per heavy atom. The Kier molecular flexibility index (Phi) is 8.83. The van der Waals surface area contributed by atoms with Gasteiger partial charge < -0.3 is 0 Å². The molecular formula is C16H22Se. The summed E-state index contributed by atoms with van der Waals surface area (Å²) in [6, 6.07) is 10.6. The minimum atomic E-state index is 0.351. The third-order valence-corrected chi connectivity index (χ3v) is 4.22. The van der Waals surface area contributed by atoms with Crippen molar-refractivity contribution in [3.8, 4) is 10.7 Å². The Labute approximate surface area is 112 Å². The Hall–Kier alpha value is -0.701. The number of unbranched alkanes of at least 4 members (excludes halogenated alkanes) is 6. The van der Waals surface area contributed by atoms with Crippen LogP contribution in [0, 0.1) is 10.7 Å². The van der Waals surface area contributed by atoms with Crippen LogP contribution in [0.4, 0.5) is 0 Å². The van der Waals surface area contributed by atoms with Crippen molar-refractivity contribution >= 4 is 19.4 Å². The third kappa shape index (κ3) is 8.08. The molecule has 1 aromatic rings. The van der Waals surface area contributed by atoms with E-state index in [1.165, 1.54) is 43.0 Å². The first kappa shape index (κ1) is 14.4. The average molecular weight is 293 g/mol. The standard InChI is InChI=1S/C16H22Se/c1-2-3-4-5-6-7-8-12-15-17-16-13-10-9-11-14-16/h9-11,13-14H,2-8H2,1H3. The fraction of sp³-hybridized carbons (Fsp3) is 0.500. The number of hydrogen-bond donors (Lipinski definition) is 0. The van der Waals surface area contributed by atoms with Gasteiger partial charge in [-0.2, -0.15) is 0 Å². The second-order valence-electron chi connectivity index (χ2n) is 4.21. The van der Waals surface area contributed by atoms with Crippen molar-refractivity contribution in [2.24, 2.45) is 0 Å². The second kappa shape index (κ2) is 10.5. The van der Waals surface area contributed by atoms with Gasteiger partial charge in [0.25, 0.3) is 0 Å². The van der Waals surface area contributed by atoms with E-state index in [9.17, 15) is 0 Å². The van der Waals surface area contributed by atoms with E-state index in [1.807, 2.05) is 0 Å². The molecule has 0 amide bonds. The molecule has 0 aliphatic rings. The summed E-state index contributed by atoms with van der Waals surface area (Å²) >= 11 is 0.351. The van der Waals surface area contributed by atoms with Crippen molar-refractivity contribution < 1.29 is 0 Å². The summed E-state index contributed by atoms with van der Waals surface area (Å²) < 4.78 is 1.38. The molecule has 0 saturated carbocycles. The van der Waals surface area contributed by atoms with E-state index in [0.717, 1.165) is 6.42 Å². The van der Waals surface area contributed by atoms with E-state index >= 15 is 0 Å². The molecule has 0 aliphatic carbocycles. The number of hydrogen-bond acceptors (Lipinski definition) is 0. The molecule has 0 fully saturated rings. The van der Waals surface area contributed by atoms with Gasteiger partial charge in [0.05, 0.1) is 0 Å². The van der Waals surface area contributed by atoms with Crippen molar-refractivity contribution in [2.45, 2.75) is 51.9 Å². The van der Waals surface area contributed by atoms with E-state index in [1.54, 1.807) is 0 Å². The summed E-state index contributed by atoms with van der Waals surface area (Å²) in [7, 11) is 0. The summed E-state index contributed by atoms with van der Waals surface area (Å²) in [5.74, 6) is 3.30. The van der Waals surface area contributed by atoms with Crippen LogP contribution in [-0.2, 0) is 0 Å². The van der Waals surface area contributed by atoms with Crippen LogP contribution in [0.25, 0.3) is 0 Å². The van der Waals surface area contributed by atoms with Crippen LogP contribution < -0.4 is 4.46 Å². The van der Waals surface area contributed by atoms with Crippen LogP contribution in [0.5, 0.6) is 0 Å². The molecule has 1 rings (SSSR count). The van der Waals surface area contributed by atoms with Crippen LogP contribution >= 0.6 is 0 Å². The molecule has 17 heavy (non-hydrogen) atoms. The van der Waals surface area contributed by atoms with Gasteiger partial charge in [0.2, 0.25) is 0 Å². The first-order valence-corrected chi connectivity index (χ1v) is 8.34. The third-order valence-electron chi connectivity index (χ3n) is 2.64. The molecule has 0 nitrogen and oxygen atoms in total. The van der Waals surface area contributed by atoms with Crippen molar-refractivity contribution in [3.05, 3.63) is 30.3 Å². The molecule has 0 saturated heterocycles. The van der Waals surface area contributed by atoms with E-state index in [0.29, 0.717) is 15.0 Å². The van der Waals surface area contributed by atoms with Crippen molar-refractivity contribution in [2.75, 3.05) is 0 Å². The molecule has 0 aromatic heterocycles. The zero-order valence-electron chi connectivity index (χ0n) is 10.7. The second-order valence-corrected chi connectivity index (χ2v) is 6.06. The molecule has 0 heterocycles. The van der Waals surface area contributed by atoms with Crippen LogP contribution in [0.2, 0.25) is 0 Å². The summed E-state index contributed by atoms with van der Waals surface area (Å²) in [6.07, 6.45) is 9.23. The Balaban J connectivity index is 2.00. The van der Waals surface area contributed by atoms with Gasteiger partial charge in [-0.1, -0.05) is 0 Å². The summed E-state index contributed by atoms with van der Waals surface area (Å²) in [5.41, 5.74) is 0. The van der Waals surface area contributed by atoms with E-state index in [2.05, 4.69) is 48.0 Å². The molecule has 0 unspecified atom stereocenters.